The summed E-state index contributed by atoms with van der Waals surface area (Å²) >= 11 is 0. The van der Waals surface area contributed by atoms with E-state index in [4.69, 9.17) is 4.74 Å². The van der Waals surface area contributed by atoms with E-state index in [1.807, 2.05) is 12.1 Å². The molecule has 2 saturated heterocycles. The first kappa shape index (κ1) is 28.6. The maximum Gasteiger partial charge on any atom is 0.475 e. The Morgan fingerprint density at radius 3 is 2.62 bits per heavy atom. The first-order chi connectivity index (χ1) is 17.4. The number of nitriles is 1. The Hall–Kier alpha value is -3.01. The second kappa shape index (κ2) is 12.0. The van der Waals surface area contributed by atoms with Gasteiger partial charge in [0.25, 0.3) is 11.8 Å². The highest BCUT2D eigenvalue weighted by Crippen LogP contribution is 2.33. The van der Waals surface area contributed by atoms with Crippen molar-refractivity contribution in [1.29, 1.82) is 5.26 Å². The van der Waals surface area contributed by atoms with Crippen LogP contribution >= 0.6 is 0 Å². The number of benzene rings is 1. The highest BCUT2D eigenvalue weighted by atomic mass is 19.3. The molecule has 9 nitrogen and oxygen atoms in total. The zero-order chi connectivity index (χ0) is 27.2. The number of alkyl carbamates (subject to hydrolysis) is 1. The zero-order valence-corrected chi connectivity index (χ0v) is 21.1. The number of rotatable bonds is 9. The van der Waals surface area contributed by atoms with Crippen molar-refractivity contribution >= 4 is 19.1 Å². The largest absolute Gasteiger partial charge is 0.475 e. The van der Waals surface area contributed by atoms with Crippen LogP contribution in [0.1, 0.15) is 32.3 Å². The zero-order valence-electron chi connectivity index (χ0n) is 21.1. The van der Waals surface area contributed by atoms with Gasteiger partial charge < -0.3 is 25.0 Å². The van der Waals surface area contributed by atoms with Crippen LogP contribution in [0.25, 0.3) is 0 Å². The fourth-order valence-corrected chi connectivity index (χ4v) is 4.62. The minimum Gasteiger partial charge on any atom is -0.449 e. The van der Waals surface area contributed by atoms with Crippen molar-refractivity contribution in [1.82, 2.24) is 15.1 Å². The number of nitrogens with zero attached hydrogens (tertiary/aromatic N) is 3. The molecule has 2 fully saturated rings. The van der Waals surface area contributed by atoms with Crippen LogP contribution in [-0.2, 0) is 16.0 Å². The number of amides is 2. The number of carbonyl (C=O) groups excluding carboxylic acids is 2. The molecule has 2 aliphatic rings. The molecule has 0 saturated carbocycles. The Labute approximate surface area is 215 Å². The lowest BCUT2D eigenvalue weighted by atomic mass is 9.76. The number of carbonyl (C=O) groups is 2. The van der Waals surface area contributed by atoms with Gasteiger partial charge in [0.1, 0.15) is 11.6 Å². The van der Waals surface area contributed by atoms with Gasteiger partial charge in [0.15, 0.2) is 0 Å². The minimum absolute atomic E-state index is 0.00908. The predicted molar refractivity (Wildman–Crippen MR) is 132 cm³/mol. The summed E-state index contributed by atoms with van der Waals surface area (Å²) in [6.45, 7) is 3.79. The molecule has 3 rings (SSSR count). The van der Waals surface area contributed by atoms with Gasteiger partial charge in [0.05, 0.1) is 19.1 Å². The lowest BCUT2D eigenvalue weighted by Gasteiger charge is -2.33. The third kappa shape index (κ3) is 7.99. The maximum atomic E-state index is 13.7. The van der Waals surface area contributed by atoms with Crippen molar-refractivity contribution in [2.75, 3.05) is 32.8 Å². The molecule has 1 aromatic rings. The Balaban J connectivity index is 1.50. The summed E-state index contributed by atoms with van der Waals surface area (Å²) in [6.07, 6.45) is 1.14. The number of ether oxygens (including phenoxy) is 1. The molecular formula is C25H33BF2N4O5. The molecule has 0 aromatic heterocycles. The molecule has 1 aromatic carbocycles. The molecule has 12 heteroatoms. The lowest BCUT2D eigenvalue weighted by molar-refractivity contribution is -0.125. The number of alkyl halides is 2. The van der Waals surface area contributed by atoms with Crippen molar-refractivity contribution in [2.24, 2.45) is 5.92 Å². The van der Waals surface area contributed by atoms with Gasteiger partial charge in [-0.05, 0) is 38.3 Å². The van der Waals surface area contributed by atoms with Crippen LogP contribution in [-0.4, -0.2) is 89.2 Å². The predicted octanol–water partition coefficient (Wildman–Crippen LogP) is 1.75. The number of halogens is 2. The van der Waals surface area contributed by atoms with Crippen LogP contribution in [0.4, 0.5) is 13.6 Å². The van der Waals surface area contributed by atoms with Gasteiger partial charge in [-0.3, -0.25) is 9.69 Å². The van der Waals surface area contributed by atoms with E-state index in [9.17, 15) is 33.7 Å². The van der Waals surface area contributed by atoms with E-state index in [1.54, 1.807) is 43.0 Å². The summed E-state index contributed by atoms with van der Waals surface area (Å²) in [6, 6.07) is 11.0. The number of likely N-dealkylation sites (tertiary alicyclic amines) is 2. The Morgan fingerprint density at radius 2 is 2.03 bits per heavy atom. The summed E-state index contributed by atoms with van der Waals surface area (Å²) in [5, 5.41) is 31.3. The van der Waals surface area contributed by atoms with E-state index in [2.05, 4.69) is 5.32 Å². The second-order valence-electron chi connectivity index (χ2n) is 10.2. The van der Waals surface area contributed by atoms with E-state index in [0.717, 1.165) is 5.56 Å². The Bertz CT molecular complexity index is 1030. The molecule has 2 heterocycles. The summed E-state index contributed by atoms with van der Waals surface area (Å²) in [5.41, 5.74) is -0.191. The molecule has 37 heavy (non-hydrogen) atoms. The molecular weight excluding hydrogens is 485 g/mol. The number of hydrogen-bond donors (Lipinski definition) is 3. The SMILES string of the molecule is CC(C)(C=C(C#N)C(=O)N1CCC(COC(=O)N[C@@H](Cc2ccccc2)B(O)O)C1)N1CCC(F)(F)C1. The Kier molecular flexibility index (Phi) is 9.28. The number of hydrogen-bond acceptors (Lipinski definition) is 7. The first-order valence-electron chi connectivity index (χ1n) is 12.3. The fourth-order valence-electron chi connectivity index (χ4n) is 4.62. The van der Waals surface area contributed by atoms with E-state index < -0.39 is 43.1 Å². The van der Waals surface area contributed by atoms with Gasteiger partial charge >= 0.3 is 13.2 Å². The average molecular weight is 518 g/mol. The van der Waals surface area contributed by atoms with Crippen LogP contribution in [0.15, 0.2) is 42.0 Å². The molecule has 200 valence electrons. The minimum atomic E-state index is -2.78. The fraction of sp³-hybridized carbons (Fsp3) is 0.560. The second-order valence-corrected chi connectivity index (χ2v) is 10.2. The van der Waals surface area contributed by atoms with Crippen molar-refractivity contribution < 1.29 is 33.2 Å². The summed E-state index contributed by atoms with van der Waals surface area (Å²) in [4.78, 5) is 28.3. The molecule has 0 radical (unpaired) electrons. The molecule has 0 spiro atoms. The topological polar surface area (TPSA) is 126 Å². The van der Waals surface area contributed by atoms with E-state index in [-0.39, 0.29) is 44.0 Å². The third-order valence-corrected chi connectivity index (χ3v) is 6.82. The van der Waals surface area contributed by atoms with Crippen molar-refractivity contribution in [3.63, 3.8) is 0 Å². The smallest absolute Gasteiger partial charge is 0.449 e. The first-order valence-corrected chi connectivity index (χ1v) is 12.3. The Morgan fingerprint density at radius 1 is 1.32 bits per heavy atom. The van der Waals surface area contributed by atoms with Gasteiger partial charge in [0, 0.05) is 37.5 Å². The molecule has 2 amide bonds. The highest BCUT2D eigenvalue weighted by Gasteiger charge is 2.43. The van der Waals surface area contributed by atoms with Gasteiger partial charge in [-0.1, -0.05) is 30.3 Å². The van der Waals surface area contributed by atoms with Crippen LogP contribution in [0.3, 0.4) is 0 Å². The van der Waals surface area contributed by atoms with Crippen LogP contribution < -0.4 is 5.32 Å². The van der Waals surface area contributed by atoms with Gasteiger partial charge in [0.2, 0.25) is 0 Å². The number of nitrogens with one attached hydrogen (secondary N) is 1. The quantitative estimate of drug-likeness (QED) is 0.258. The lowest BCUT2D eigenvalue weighted by Crippen LogP contribution is -2.48. The molecule has 2 atom stereocenters. The molecule has 3 N–H and O–H groups in total. The summed E-state index contributed by atoms with van der Waals surface area (Å²) in [5.74, 6) is -4.39. The summed E-state index contributed by atoms with van der Waals surface area (Å²) in [7, 11) is -1.78. The highest BCUT2D eigenvalue weighted by molar-refractivity contribution is 6.43. The van der Waals surface area contributed by atoms with Crippen LogP contribution in [0.2, 0.25) is 0 Å². The van der Waals surface area contributed by atoms with Crippen molar-refractivity contribution in [2.45, 2.75) is 50.5 Å². The van der Waals surface area contributed by atoms with E-state index >= 15 is 0 Å². The average Bonchev–Trinajstić information content (AvgIpc) is 3.47. The maximum absolute atomic E-state index is 13.7. The van der Waals surface area contributed by atoms with Crippen molar-refractivity contribution in [3.8, 4) is 6.07 Å². The molecule has 0 bridgehead atoms. The van der Waals surface area contributed by atoms with Crippen LogP contribution in [0.5, 0.6) is 0 Å². The molecule has 2 aliphatic heterocycles. The van der Waals surface area contributed by atoms with Crippen molar-refractivity contribution in [3.05, 3.63) is 47.5 Å². The monoisotopic (exact) mass is 518 g/mol. The molecule has 0 aliphatic carbocycles. The van der Waals surface area contributed by atoms with Gasteiger partial charge in [-0.15, -0.1) is 0 Å². The summed E-state index contributed by atoms with van der Waals surface area (Å²) < 4.78 is 32.6. The standard InChI is InChI=1S/C25H33BF2N4O5/c1-24(2,32-11-9-25(27,28)17-32)13-20(14-29)22(33)31-10-8-19(15-31)16-37-23(34)30-21(26(35)36)12-18-6-4-3-5-7-18/h3-7,13,19,21,35-36H,8-12,15-17H2,1-2H3,(H,30,34)/t19?,21-/m0/s1. The molecule has 1 unspecified atom stereocenters. The van der Waals surface area contributed by atoms with Crippen LogP contribution in [0, 0.1) is 17.2 Å². The van der Waals surface area contributed by atoms with E-state index in [1.165, 1.54) is 11.0 Å². The van der Waals surface area contributed by atoms with E-state index in [0.29, 0.717) is 13.0 Å². The third-order valence-electron chi connectivity index (χ3n) is 6.82. The van der Waals surface area contributed by atoms with Gasteiger partial charge in [-0.2, -0.15) is 5.26 Å². The van der Waals surface area contributed by atoms with Gasteiger partial charge in [-0.25, -0.2) is 13.6 Å². The normalized spacial score (nSPS) is 20.8.